The zero-order chi connectivity index (χ0) is 13.8. The van der Waals surface area contributed by atoms with Crippen LogP contribution in [0.2, 0.25) is 0 Å². The van der Waals surface area contributed by atoms with Crippen LogP contribution < -0.4 is 4.74 Å². The second kappa shape index (κ2) is 6.17. The summed E-state index contributed by atoms with van der Waals surface area (Å²) in [7, 11) is 1.60. The van der Waals surface area contributed by atoms with Crippen molar-refractivity contribution in [1.29, 1.82) is 0 Å². The molecule has 100 valence electrons. The van der Waals surface area contributed by atoms with E-state index in [1.807, 2.05) is 18.2 Å². The Balaban J connectivity index is 2.18. The second-order valence-corrected chi connectivity index (χ2v) is 5.08. The van der Waals surface area contributed by atoms with E-state index >= 15 is 0 Å². The Morgan fingerprint density at radius 2 is 1.89 bits per heavy atom. The lowest BCUT2D eigenvalue weighted by Gasteiger charge is -2.13. The summed E-state index contributed by atoms with van der Waals surface area (Å²) < 4.78 is 18.9. The van der Waals surface area contributed by atoms with Gasteiger partial charge in [0.2, 0.25) is 0 Å². The molecule has 2 nitrogen and oxygen atoms in total. The molecular formula is C15H14BrFO2. The highest BCUT2D eigenvalue weighted by atomic mass is 79.9. The van der Waals surface area contributed by atoms with Gasteiger partial charge in [0, 0.05) is 10.9 Å². The lowest BCUT2D eigenvalue weighted by atomic mass is 10.0. The molecule has 4 heteroatoms. The Hall–Kier alpha value is -1.39. The Morgan fingerprint density at radius 1 is 1.21 bits per heavy atom. The number of hydrogen-bond acceptors (Lipinski definition) is 2. The van der Waals surface area contributed by atoms with Crippen LogP contribution in [0.25, 0.3) is 0 Å². The van der Waals surface area contributed by atoms with E-state index in [1.54, 1.807) is 19.2 Å². The molecule has 0 saturated carbocycles. The maximum absolute atomic E-state index is 12.8. The first-order valence-electron chi connectivity index (χ1n) is 5.86. The summed E-state index contributed by atoms with van der Waals surface area (Å²) >= 11 is 3.45. The van der Waals surface area contributed by atoms with E-state index in [4.69, 9.17) is 4.74 Å². The largest absolute Gasteiger partial charge is 0.497 e. The van der Waals surface area contributed by atoms with Gasteiger partial charge in [0.25, 0.3) is 0 Å². The van der Waals surface area contributed by atoms with Crippen molar-refractivity contribution in [2.45, 2.75) is 12.5 Å². The Bertz CT molecular complexity index is 555. The molecule has 2 rings (SSSR count). The minimum absolute atomic E-state index is 0.307. The molecule has 0 aliphatic rings. The molecule has 0 aliphatic heterocycles. The monoisotopic (exact) mass is 324 g/mol. The van der Waals surface area contributed by atoms with Gasteiger partial charge in [-0.25, -0.2) is 4.39 Å². The molecule has 0 aliphatic carbocycles. The molecule has 0 amide bonds. The van der Waals surface area contributed by atoms with Crippen molar-refractivity contribution in [3.63, 3.8) is 0 Å². The van der Waals surface area contributed by atoms with Crippen LogP contribution in [0.3, 0.4) is 0 Å². The van der Waals surface area contributed by atoms with E-state index in [0.29, 0.717) is 12.0 Å². The Morgan fingerprint density at radius 3 is 2.53 bits per heavy atom. The highest BCUT2D eigenvalue weighted by Crippen LogP contribution is 2.27. The van der Waals surface area contributed by atoms with E-state index in [2.05, 4.69) is 15.9 Å². The number of aliphatic hydroxyl groups is 1. The fourth-order valence-electron chi connectivity index (χ4n) is 1.85. The minimum atomic E-state index is -0.677. The van der Waals surface area contributed by atoms with Crippen LogP contribution in [0.1, 0.15) is 17.2 Å². The quantitative estimate of drug-likeness (QED) is 0.925. The number of methoxy groups -OCH3 is 1. The summed E-state index contributed by atoms with van der Waals surface area (Å²) in [4.78, 5) is 0. The zero-order valence-electron chi connectivity index (χ0n) is 10.4. The van der Waals surface area contributed by atoms with Crippen molar-refractivity contribution in [2.75, 3.05) is 7.11 Å². The summed E-state index contributed by atoms with van der Waals surface area (Å²) in [5, 5.41) is 10.2. The Labute approximate surface area is 120 Å². The van der Waals surface area contributed by atoms with Crippen LogP contribution in [0.15, 0.2) is 46.9 Å². The molecule has 2 aromatic rings. The van der Waals surface area contributed by atoms with E-state index in [9.17, 15) is 9.50 Å². The van der Waals surface area contributed by atoms with E-state index < -0.39 is 6.10 Å². The maximum atomic E-state index is 12.8. The molecule has 0 saturated heterocycles. The molecule has 1 N–H and O–H groups in total. The first-order valence-corrected chi connectivity index (χ1v) is 6.65. The lowest BCUT2D eigenvalue weighted by Crippen LogP contribution is -2.02. The molecule has 1 atom stereocenters. The number of halogens is 2. The molecule has 19 heavy (non-hydrogen) atoms. The van der Waals surface area contributed by atoms with Crippen molar-refractivity contribution in [1.82, 2.24) is 0 Å². The summed E-state index contributed by atoms with van der Waals surface area (Å²) in [6.45, 7) is 0. The molecule has 2 aromatic carbocycles. The molecule has 0 bridgehead atoms. The third-order valence-corrected chi connectivity index (χ3v) is 3.69. The topological polar surface area (TPSA) is 29.5 Å². The molecule has 0 heterocycles. The smallest absolute Gasteiger partial charge is 0.123 e. The SMILES string of the molecule is COc1ccc(Br)c(CC(O)c2ccc(F)cc2)c1. The highest BCUT2D eigenvalue weighted by Gasteiger charge is 2.11. The predicted octanol–water partition coefficient (Wildman–Crippen LogP) is 3.87. The van der Waals surface area contributed by atoms with Crippen molar-refractivity contribution in [3.05, 3.63) is 63.9 Å². The first-order chi connectivity index (χ1) is 9.10. The van der Waals surface area contributed by atoms with Gasteiger partial charge < -0.3 is 9.84 Å². The molecule has 0 fully saturated rings. The van der Waals surface area contributed by atoms with Crippen molar-refractivity contribution >= 4 is 15.9 Å². The number of aliphatic hydroxyl groups excluding tert-OH is 1. The van der Waals surface area contributed by atoms with Crippen LogP contribution >= 0.6 is 15.9 Å². The number of ether oxygens (including phenoxy) is 1. The van der Waals surface area contributed by atoms with Crippen molar-refractivity contribution in [3.8, 4) is 5.75 Å². The third kappa shape index (κ3) is 3.55. The Kier molecular flexibility index (Phi) is 4.56. The van der Waals surface area contributed by atoms with Gasteiger partial charge in [0.05, 0.1) is 13.2 Å². The lowest BCUT2D eigenvalue weighted by molar-refractivity contribution is 0.178. The molecular weight excluding hydrogens is 311 g/mol. The molecule has 0 radical (unpaired) electrons. The van der Waals surface area contributed by atoms with Gasteiger partial charge in [0.15, 0.2) is 0 Å². The van der Waals surface area contributed by atoms with Crippen LogP contribution in [0, 0.1) is 5.82 Å². The predicted molar refractivity (Wildman–Crippen MR) is 75.8 cm³/mol. The number of rotatable bonds is 4. The van der Waals surface area contributed by atoms with Crippen LogP contribution in [-0.4, -0.2) is 12.2 Å². The van der Waals surface area contributed by atoms with Crippen molar-refractivity contribution in [2.24, 2.45) is 0 Å². The van der Waals surface area contributed by atoms with Gasteiger partial charge in [0.1, 0.15) is 11.6 Å². The summed E-state index contributed by atoms with van der Waals surface area (Å²) in [6, 6.07) is 11.5. The average molecular weight is 325 g/mol. The zero-order valence-corrected chi connectivity index (χ0v) is 12.0. The van der Waals surface area contributed by atoms with Gasteiger partial charge >= 0.3 is 0 Å². The fourth-order valence-corrected chi connectivity index (χ4v) is 2.25. The summed E-state index contributed by atoms with van der Waals surface area (Å²) in [5.74, 6) is 0.433. The number of benzene rings is 2. The van der Waals surface area contributed by atoms with E-state index in [1.165, 1.54) is 12.1 Å². The normalized spacial score (nSPS) is 12.2. The van der Waals surface area contributed by atoms with Gasteiger partial charge in [-0.05, 0) is 41.5 Å². The van der Waals surface area contributed by atoms with E-state index in [0.717, 1.165) is 15.8 Å². The summed E-state index contributed by atoms with van der Waals surface area (Å²) in [6.07, 6.45) is -0.243. The van der Waals surface area contributed by atoms with Crippen LogP contribution in [0.4, 0.5) is 4.39 Å². The second-order valence-electron chi connectivity index (χ2n) is 4.23. The number of hydrogen-bond donors (Lipinski definition) is 1. The maximum Gasteiger partial charge on any atom is 0.123 e. The van der Waals surface area contributed by atoms with Gasteiger partial charge in [-0.3, -0.25) is 0 Å². The van der Waals surface area contributed by atoms with Crippen molar-refractivity contribution < 1.29 is 14.2 Å². The van der Waals surface area contributed by atoms with E-state index in [-0.39, 0.29) is 5.82 Å². The van der Waals surface area contributed by atoms with Gasteiger partial charge in [-0.15, -0.1) is 0 Å². The minimum Gasteiger partial charge on any atom is -0.497 e. The molecule has 1 unspecified atom stereocenters. The third-order valence-electron chi connectivity index (χ3n) is 2.92. The average Bonchev–Trinajstić information content (AvgIpc) is 2.42. The molecule has 0 spiro atoms. The standard InChI is InChI=1S/C15H14BrFO2/c1-19-13-6-7-14(16)11(8-13)9-15(18)10-2-4-12(17)5-3-10/h2-8,15,18H,9H2,1H3. The molecule has 0 aromatic heterocycles. The summed E-state index contributed by atoms with van der Waals surface area (Å²) in [5.41, 5.74) is 1.63. The van der Waals surface area contributed by atoms with Crippen LogP contribution in [-0.2, 0) is 6.42 Å². The first kappa shape index (κ1) is 14.0. The fraction of sp³-hybridized carbons (Fsp3) is 0.200. The highest BCUT2D eigenvalue weighted by molar-refractivity contribution is 9.10. The van der Waals surface area contributed by atoms with Crippen LogP contribution in [0.5, 0.6) is 5.75 Å². The van der Waals surface area contributed by atoms with Gasteiger partial charge in [-0.2, -0.15) is 0 Å². The van der Waals surface area contributed by atoms with Gasteiger partial charge in [-0.1, -0.05) is 28.1 Å².